The first-order valence-corrected chi connectivity index (χ1v) is 8.72. The second-order valence-electron chi connectivity index (χ2n) is 4.13. The molecule has 0 fully saturated rings. The predicted molar refractivity (Wildman–Crippen MR) is 75.9 cm³/mol. The lowest BCUT2D eigenvalue weighted by atomic mass is 10.1. The minimum Gasteiger partial charge on any atom is -0.207 e. The van der Waals surface area contributed by atoms with Crippen LogP contribution in [-0.4, -0.2) is 8.42 Å². The van der Waals surface area contributed by atoms with Crippen LogP contribution in [0.15, 0.2) is 40.6 Å². The highest BCUT2D eigenvalue weighted by Crippen LogP contribution is 2.26. The molecule has 0 unspecified atom stereocenters. The smallest absolute Gasteiger partial charge is 0.207 e. The van der Waals surface area contributed by atoms with Crippen molar-refractivity contribution < 1.29 is 8.42 Å². The molecular weight excluding hydrogens is 288 g/mol. The van der Waals surface area contributed by atoms with Gasteiger partial charge in [0.15, 0.2) is 0 Å². The zero-order valence-corrected chi connectivity index (χ0v) is 12.3. The average molecular weight is 301 g/mol. The van der Waals surface area contributed by atoms with Gasteiger partial charge in [-0.1, -0.05) is 29.8 Å². The maximum absolute atomic E-state index is 11.3. The fourth-order valence-corrected chi connectivity index (χ4v) is 4.25. The molecule has 0 N–H and O–H groups in total. The van der Waals surface area contributed by atoms with Gasteiger partial charge >= 0.3 is 0 Å². The molecule has 0 aliphatic carbocycles. The minimum atomic E-state index is -3.62. The molecule has 96 valence electrons. The van der Waals surface area contributed by atoms with Crippen LogP contribution in [0.1, 0.15) is 16.0 Å². The van der Waals surface area contributed by atoms with Crippen molar-refractivity contribution in [1.82, 2.24) is 0 Å². The molecule has 0 spiro atoms. The Balaban J connectivity index is 2.12. The Labute approximate surface area is 116 Å². The van der Waals surface area contributed by atoms with Crippen LogP contribution in [0.2, 0.25) is 0 Å². The zero-order chi connectivity index (χ0) is 13.2. The van der Waals surface area contributed by atoms with Crippen molar-refractivity contribution in [1.29, 1.82) is 0 Å². The molecule has 0 atom stereocenters. The van der Waals surface area contributed by atoms with Crippen LogP contribution in [0, 0.1) is 6.92 Å². The van der Waals surface area contributed by atoms with Crippen molar-refractivity contribution in [2.24, 2.45) is 0 Å². The van der Waals surface area contributed by atoms with Crippen molar-refractivity contribution in [3.05, 3.63) is 51.7 Å². The molecule has 2 rings (SSSR count). The molecule has 18 heavy (non-hydrogen) atoms. The summed E-state index contributed by atoms with van der Waals surface area (Å²) in [7, 11) is 1.77. The third-order valence-electron chi connectivity index (χ3n) is 2.73. The number of rotatable bonds is 4. The number of benzene rings is 1. The van der Waals surface area contributed by atoms with Crippen molar-refractivity contribution in [2.45, 2.75) is 24.7 Å². The highest BCUT2D eigenvalue weighted by molar-refractivity contribution is 8.13. The molecule has 0 saturated carbocycles. The van der Waals surface area contributed by atoms with Crippen LogP contribution in [0.4, 0.5) is 0 Å². The van der Waals surface area contributed by atoms with Gasteiger partial charge in [-0.25, -0.2) is 8.42 Å². The van der Waals surface area contributed by atoms with Crippen molar-refractivity contribution in [3.8, 4) is 0 Å². The van der Waals surface area contributed by atoms with Crippen LogP contribution in [0.5, 0.6) is 0 Å². The summed E-state index contributed by atoms with van der Waals surface area (Å²) in [6, 6.07) is 9.82. The van der Waals surface area contributed by atoms with E-state index in [2.05, 4.69) is 24.3 Å². The van der Waals surface area contributed by atoms with E-state index in [0.717, 1.165) is 11.3 Å². The molecule has 1 aromatic heterocycles. The maximum atomic E-state index is 11.3. The molecule has 2 nitrogen and oxygen atoms in total. The first-order chi connectivity index (χ1) is 8.47. The Morgan fingerprint density at radius 3 is 2.39 bits per heavy atom. The van der Waals surface area contributed by atoms with Crippen LogP contribution in [0.3, 0.4) is 0 Å². The fraction of sp³-hybridized carbons (Fsp3) is 0.231. The molecule has 1 heterocycles. The fourth-order valence-electron chi connectivity index (χ4n) is 1.74. The Morgan fingerprint density at radius 2 is 1.78 bits per heavy atom. The Hall–Kier alpha value is -0.840. The van der Waals surface area contributed by atoms with Gasteiger partial charge in [0.25, 0.3) is 9.05 Å². The van der Waals surface area contributed by atoms with Gasteiger partial charge < -0.3 is 0 Å². The monoisotopic (exact) mass is 300 g/mol. The van der Waals surface area contributed by atoms with Crippen LogP contribution in [0.25, 0.3) is 0 Å². The first-order valence-electron chi connectivity index (χ1n) is 5.53. The standard InChI is InChI=1S/C13H13ClO2S2/c1-10-2-4-11(5-3-10)6-7-12-13(8-9-17-12)18(14,15)16/h2-5,8-9H,6-7H2,1H3. The van der Waals surface area contributed by atoms with Crippen molar-refractivity contribution in [2.75, 3.05) is 0 Å². The number of thiophene rings is 1. The summed E-state index contributed by atoms with van der Waals surface area (Å²) < 4.78 is 22.7. The summed E-state index contributed by atoms with van der Waals surface area (Å²) in [6.45, 7) is 2.04. The van der Waals surface area contributed by atoms with Gasteiger partial charge in [0.1, 0.15) is 0 Å². The van der Waals surface area contributed by atoms with Gasteiger partial charge in [-0.15, -0.1) is 11.3 Å². The van der Waals surface area contributed by atoms with E-state index in [4.69, 9.17) is 10.7 Å². The third kappa shape index (κ3) is 3.34. The molecule has 0 bridgehead atoms. The van der Waals surface area contributed by atoms with Gasteiger partial charge in [-0.05, 0) is 36.8 Å². The van der Waals surface area contributed by atoms with Gasteiger partial charge in [-0.2, -0.15) is 0 Å². The Kier molecular flexibility index (Phi) is 4.10. The zero-order valence-electron chi connectivity index (χ0n) is 9.89. The lowest BCUT2D eigenvalue weighted by Crippen LogP contribution is -1.96. The molecule has 0 aliphatic heterocycles. The summed E-state index contributed by atoms with van der Waals surface area (Å²) in [4.78, 5) is 1.08. The van der Waals surface area contributed by atoms with E-state index >= 15 is 0 Å². The van der Waals surface area contributed by atoms with E-state index < -0.39 is 9.05 Å². The molecule has 1 aromatic carbocycles. The molecule has 5 heteroatoms. The van der Waals surface area contributed by atoms with Gasteiger partial charge in [0, 0.05) is 15.6 Å². The highest BCUT2D eigenvalue weighted by Gasteiger charge is 2.16. The first kappa shape index (κ1) is 13.6. The second kappa shape index (κ2) is 5.43. The van der Waals surface area contributed by atoms with Crippen LogP contribution in [-0.2, 0) is 21.9 Å². The molecule has 2 aromatic rings. The molecule has 0 amide bonds. The number of hydrogen-bond acceptors (Lipinski definition) is 3. The third-order valence-corrected chi connectivity index (χ3v) is 5.25. The molecule has 0 radical (unpaired) electrons. The Morgan fingerprint density at radius 1 is 1.11 bits per heavy atom. The molecule has 0 aliphatic rings. The lowest BCUT2D eigenvalue weighted by Gasteiger charge is -2.02. The van der Waals surface area contributed by atoms with Gasteiger partial charge in [-0.3, -0.25) is 0 Å². The normalized spacial score (nSPS) is 11.7. The molecular formula is C13H13ClO2S2. The quantitative estimate of drug-likeness (QED) is 0.806. The SMILES string of the molecule is Cc1ccc(CCc2sccc2S(=O)(=O)Cl)cc1. The summed E-state index contributed by atoms with van der Waals surface area (Å²) in [6.07, 6.45) is 1.52. The number of hydrogen-bond donors (Lipinski definition) is 0. The van der Waals surface area contributed by atoms with E-state index in [0.29, 0.717) is 6.42 Å². The van der Waals surface area contributed by atoms with E-state index in [1.165, 1.54) is 22.5 Å². The van der Waals surface area contributed by atoms with E-state index in [9.17, 15) is 8.42 Å². The van der Waals surface area contributed by atoms with Gasteiger partial charge in [0.2, 0.25) is 0 Å². The van der Waals surface area contributed by atoms with E-state index in [1.807, 2.05) is 6.92 Å². The summed E-state index contributed by atoms with van der Waals surface area (Å²) in [5.74, 6) is 0. The summed E-state index contributed by atoms with van der Waals surface area (Å²) >= 11 is 1.44. The summed E-state index contributed by atoms with van der Waals surface area (Å²) in [5.41, 5.74) is 2.42. The molecule has 0 saturated heterocycles. The Bertz CT molecular complexity index is 627. The minimum absolute atomic E-state index is 0.251. The second-order valence-corrected chi connectivity index (χ2v) is 7.67. The van der Waals surface area contributed by atoms with Gasteiger partial charge in [0.05, 0.1) is 4.90 Å². The highest BCUT2D eigenvalue weighted by atomic mass is 35.7. The largest absolute Gasteiger partial charge is 0.262 e. The predicted octanol–water partition coefficient (Wildman–Crippen LogP) is 3.77. The van der Waals surface area contributed by atoms with E-state index in [-0.39, 0.29) is 4.90 Å². The van der Waals surface area contributed by atoms with E-state index in [1.54, 1.807) is 11.4 Å². The lowest BCUT2D eigenvalue weighted by molar-refractivity contribution is 0.609. The van der Waals surface area contributed by atoms with Crippen LogP contribution >= 0.6 is 22.0 Å². The van der Waals surface area contributed by atoms with Crippen molar-refractivity contribution >= 4 is 31.1 Å². The van der Waals surface area contributed by atoms with Crippen molar-refractivity contribution in [3.63, 3.8) is 0 Å². The number of halogens is 1. The summed E-state index contributed by atoms with van der Waals surface area (Å²) in [5, 5.41) is 1.76. The van der Waals surface area contributed by atoms with Crippen LogP contribution < -0.4 is 0 Å². The topological polar surface area (TPSA) is 34.1 Å². The maximum Gasteiger partial charge on any atom is 0.262 e. The average Bonchev–Trinajstić information content (AvgIpc) is 2.76. The number of aryl methyl sites for hydroxylation is 3.